The lowest BCUT2D eigenvalue weighted by atomic mass is 9.85. The second-order valence-electron chi connectivity index (χ2n) is 3.54. The molecule has 1 aliphatic rings. The summed E-state index contributed by atoms with van der Waals surface area (Å²) in [6, 6.07) is 0. The van der Waals surface area contributed by atoms with E-state index in [9.17, 15) is 0 Å². The highest BCUT2D eigenvalue weighted by molar-refractivity contribution is 9.10. The molecule has 1 N–H and O–H groups in total. The van der Waals surface area contributed by atoms with Crippen LogP contribution >= 0.6 is 27.5 Å². The predicted molar refractivity (Wildman–Crippen MR) is 60.6 cm³/mol. The van der Waals surface area contributed by atoms with Crippen molar-refractivity contribution in [2.24, 2.45) is 5.92 Å². The van der Waals surface area contributed by atoms with Gasteiger partial charge >= 0.3 is 0 Å². The molecule has 76 valence electrons. The van der Waals surface area contributed by atoms with Gasteiger partial charge in [-0.1, -0.05) is 0 Å². The Balaban J connectivity index is 1.78. The lowest BCUT2D eigenvalue weighted by Gasteiger charge is -2.30. The highest BCUT2D eigenvalue weighted by Gasteiger charge is 2.26. The fraction of sp³-hybridized carbons (Fsp3) is 0.556. The molecule has 3 nitrogen and oxygen atoms in total. The van der Waals surface area contributed by atoms with E-state index in [1.807, 2.05) is 0 Å². The monoisotopic (exact) mass is 275 g/mol. The van der Waals surface area contributed by atoms with Crippen LogP contribution in [0.15, 0.2) is 16.9 Å². The molecule has 0 saturated heterocycles. The molecule has 0 amide bonds. The van der Waals surface area contributed by atoms with Crippen molar-refractivity contribution in [3.8, 4) is 0 Å². The molecule has 1 aromatic rings. The predicted octanol–water partition coefficient (Wildman–Crippen LogP) is 2.67. The Morgan fingerprint density at radius 3 is 2.64 bits per heavy atom. The number of halogens is 2. The molecule has 1 fully saturated rings. The summed E-state index contributed by atoms with van der Waals surface area (Å²) in [5, 5.41) is 3.57. The maximum atomic E-state index is 5.88. The highest BCUT2D eigenvalue weighted by atomic mass is 79.9. The van der Waals surface area contributed by atoms with Crippen LogP contribution in [0.4, 0.5) is 5.95 Å². The van der Waals surface area contributed by atoms with Gasteiger partial charge in [0, 0.05) is 24.3 Å². The van der Waals surface area contributed by atoms with Gasteiger partial charge in [0.05, 0.1) is 4.47 Å². The lowest BCUT2D eigenvalue weighted by Crippen LogP contribution is -2.30. The number of nitrogens with zero attached hydrogens (tertiary/aromatic N) is 2. The number of nitrogens with one attached hydrogen (secondary N) is 1. The summed E-state index contributed by atoms with van der Waals surface area (Å²) in [6.07, 6.45) is 5.68. The number of rotatable bonds is 3. The van der Waals surface area contributed by atoms with Crippen LogP contribution in [0.2, 0.25) is 0 Å². The van der Waals surface area contributed by atoms with Crippen molar-refractivity contribution in [1.29, 1.82) is 0 Å². The first-order chi connectivity index (χ1) is 6.74. The quantitative estimate of drug-likeness (QED) is 0.863. The van der Waals surface area contributed by atoms with Crippen molar-refractivity contribution in [3.05, 3.63) is 16.9 Å². The van der Waals surface area contributed by atoms with Crippen molar-refractivity contribution >= 4 is 33.5 Å². The molecule has 0 unspecified atom stereocenters. The van der Waals surface area contributed by atoms with Crippen molar-refractivity contribution in [1.82, 2.24) is 9.97 Å². The van der Waals surface area contributed by atoms with Crippen molar-refractivity contribution in [3.63, 3.8) is 0 Å². The van der Waals surface area contributed by atoms with Gasteiger partial charge in [-0.05, 0) is 34.7 Å². The highest BCUT2D eigenvalue weighted by Crippen LogP contribution is 2.31. The van der Waals surface area contributed by atoms with Crippen LogP contribution in [-0.2, 0) is 0 Å². The average Bonchev–Trinajstić information content (AvgIpc) is 2.13. The number of aromatic nitrogens is 2. The molecule has 0 aromatic carbocycles. The molecule has 1 aliphatic carbocycles. The van der Waals surface area contributed by atoms with Gasteiger partial charge in [-0.15, -0.1) is 11.6 Å². The van der Waals surface area contributed by atoms with Gasteiger partial charge in [0.15, 0.2) is 0 Å². The molecule has 1 aromatic heterocycles. The van der Waals surface area contributed by atoms with Gasteiger partial charge in [0.1, 0.15) is 0 Å². The Kier molecular flexibility index (Phi) is 3.23. The SMILES string of the molecule is ClC1CC(CNc2ncc(Br)cn2)C1. The summed E-state index contributed by atoms with van der Waals surface area (Å²) in [6.45, 7) is 0.921. The summed E-state index contributed by atoms with van der Waals surface area (Å²) < 4.78 is 0.896. The van der Waals surface area contributed by atoms with Crippen molar-refractivity contribution < 1.29 is 0 Å². The van der Waals surface area contributed by atoms with Crippen LogP contribution in [0.25, 0.3) is 0 Å². The van der Waals surface area contributed by atoms with E-state index in [4.69, 9.17) is 11.6 Å². The van der Waals surface area contributed by atoms with Crippen molar-refractivity contribution in [2.45, 2.75) is 18.2 Å². The van der Waals surface area contributed by atoms with E-state index < -0.39 is 0 Å². The standard InChI is InChI=1S/C9H11BrClN3/c10-7-4-13-9(14-5-7)12-3-6-1-8(11)2-6/h4-6,8H,1-3H2,(H,12,13,14). The fourth-order valence-corrected chi connectivity index (χ4v) is 2.17. The van der Waals surface area contributed by atoms with Crippen LogP contribution < -0.4 is 5.32 Å². The Morgan fingerprint density at radius 1 is 1.43 bits per heavy atom. The minimum absolute atomic E-state index is 0.382. The van der Waals surface area contributed by atoms with E-state index in [2.05, 4.69) is 31.2 Å². The normalized spacial score (nSPS) is 25.6. The van der Waals surface area contributed by atoms with Crippen LogP contribution in [0, 0.1) is 5.92 Å². The molecule has 0 radical (unpaired) electrons. The van der Waals surface area contributed by atoms with E-state index in [0.717, 1.165) is 23.9 Å². The second kappa shape index (κ2) is 4.45. The molecule has 1 heterocycles. The zero-order valence-corrected chi connectivity index (χ0v) is 9.92. The molecule has 14 heavy (non-hydrogen) atoms. The molecule has 0 aliphatic heterocycles. The average molecular weight is 277 g/mol. The third-order valence-electron chi connectivity index (χ3n) is 2.35. The third-order valence-corrected chi connectivity index (χ3v) is 3.11. The van der Waals surface area contributed by atoms with E-state index >= 15 is 0 Å². The maximum Gasteiger partial charge on any atom is 0.222 e. The molecule has 0 bridgehead atoms. The Morgan fingerprint density at radius 2 is 2.07 bits per heavy atom. The molecule has 2 rings (SSSR count). The van der Waals surface area contributed by atoms with Crippen LogP contribution in [-0.4, -0.2) is 21.9 Å². The zero-order chi connectivity index (χ0) is 9.97. The van der Waals surface area contributed by atoms with Gasteiger partial charge < -0.3 is 5.32 Å². The number of hydrogen-bond donors (Lipinski definition) is 1. The van der Waals surface area contributed by atoms with E-state index in [1.165, 1.54) is 0 Å². The molecular weight excluding hydrogens is 265 g/mol. The van der Waals surface area contributed by atoms with Gasteiger partial charge in [0.2, 0.25) is 5.95 Å². The first-order valence-electron chi connectivity index (χ1n) is 4.59. The van der Waals surface area contributed by atoms with Crippen molar-refractivity contribution in [2.75, 3.05) is 11.9 Å². The second-order valence-corrected chi connectivity index (χ2v) is 5.07. The van der Waals surface area contributed by atoms with Gasteiger partial charge in [-0.25, -0.2) is 9.97 Å². The van der Waals surface area contributed by atoms with Gasteiger partial charge in [-0.2, -0.15) is 0 Å². The van der Waals surface area contributed by atoms with Crippen LogP contribution in [0.5, 0.6) is 0 Å². The molecule has 1 saturated carbocycles. The molecule has 5 heteroatoms. The Bertz CT molecular complexity index is 297. The first-order valence-corrected chi connectivity index (χ1v) is 5.82. The summed E-state index contributed by atoms with van der Waals surface area (Å²) in [7, 11) is 0. The smallest absolute Gasteiger partial charge is 0.222 e. The topological polar surface area (TPSA) is 37.8 Å². The maximum absolute atomic E-state index is 5.88. The molecular formula is C9H11BrClN3. The Hall–Kier alpha value is -0.350. The van der Waals surface area contributed by atoms with Gasteiger partial charge in [0.25, 0.3) is 0 Å². The summed E-state index contributed by atoms with van der Waals surface area (Å²) >= 11 is 9.17. The first kappa shape index (κ1) is 10.2. The largest absolute Gasteiger partial charge is 0.354 e. The Labute approximate surface area is 96.4 Å². The minimum atomic E-state index is 0.382. The summed E-state index contributed by atoms with van der Waals surface area (Å²) in [4.78, 5) is 8.25. The zero-order valence-electron chi connectivity index (χ0n) is 7.58. The lowest BCUT2D eigenvalue weighted by molar-refractivity contribution is 0.341. The number of anilines is 1. The van der Waals surface area contributed by atoms with Gasteiger partial charge in [-0.3, -0.25) is 0 Å². The number of hydrogen-bond acceptors (Lipinski definition) is 3. The third kappa shape index (κ3) is 2.58. The van der Waals surface area contributed by atoms with E-state index in [-0.39, 0.29) is 0 Å². The number of alkyl halides is 1. The van der Waals surface area contributed by atoms with Crippen LogP contribution in [0.1, 0.15) is 12.8 Å². The van der Waals surface area contributed by atoms with Crippen LogP contribution in [0.3, 0.4) is 0 Å². The van der Waals surface area contributed by atoms with E-state index in [0.29, 0.717) is 17.2 Å². The fourth-order valence-electron chi connectivity index (χ4n) is 1.46. The minimum Gasteiger partial charge on any atom is -0.354 e. The molecule has 0 spiro atoms. The summed E-state index contributed by atoms with van der Waals surface area (Å²) in [5.74, 6) is 1.37. The summed E-state index contributed by atoms with van der Waals surface area (Å²) in [5.41, 5.74) is 0. The molecule has 0 atom stereocenters. The van der Waals surface area contributed by atoms with E-state index in [1.54, 1.807) is 12.4 Å².